The summed E-state index contributed by atoms with van der Waals surface area (Å²) in [5.74, 6) is 0. The number of pyridine rings is 1. The summed E-state index contributed by atoms with van der Waals surface area (Å²) in [7, 11) is 3.67. The molecule has 1 rings (SSSR count). The Bertz CT molecular complexity index is 271. The van der Waals surface area contributed by atoms with E-state index in [1.54, 1.807) is 7.11 Å². The molecule has 84 valence electrons. The zero-order chi connectivity index (χ0) is 11.1. The Morgan fingerprint density at radius 3 is 2.73 bits per heavy atom. The van der Waals surface area contributed by atoms with Gasteiger partial charge in [-0.25, -0.2) is 0 Å². The van der Waals surface area contributed by atoms with Gasteiger partial charge in [0.1, 0.15) is 0 Å². The van der Waals surface area contributed by atoms with Crippen molar-refractivity contribution in [3.8, 4) is 0 Å². The molecule has 1 unspecified atom stereocenters. The number of methoxy groups -OCH3 is 1. The van der Waals surface area contributed by atoms with E-state index < -0.39 is 0 Å². The molecule has 0 bridgehead atoms. The van der Waals surface area contributed by atoms with E-state index in [9.17, 15) is 0 Å². The summed E-state index contributed by atoms with van der Waals surface area (Å²) >= 11 is 0. The van der Waals surface area contributed by atoms with Gasteiger partial charge in [0, 0.05) is 31.5 Å². The Kier molecular flexibility index (Phi) is 5.29. The highest BCUT2D eigenvalue weighted by Crippen LogP contribution is 2.04. The van der Waals surface area contributed by atoms with Crippen LogP contribution in [0.2, 0.25) is 0 Å². The average molecular weight is 208 g/mol. The summed E-state index contributed by atoms with van der Waals surface area (Å²) < 4.78 is 5.12. The highest BCUT2D eigenvalue weighted by molar-refractivity contribution is 5.14. The van der Waals surface area contributed by atoms with Gasteiger partial charge in [-0.1, -0.05) is 13.0 Å². The van der Waals surface area contributed by atoms with E-state index in [-0.39, 0.29) is 0 Å². The molecule has 15 heavy (non-hydrogen) atoms. The molecule has 0 amide bonds. The number of hydrogen-bond acceptors (Lipinski definition) is 3. The Balaban J connectivity index is 2.55. The van der Waals surface area contributed by atoms with Gasteiger partial charge in [0.2, 0.25) is 0 Å². The molecule has 0 radical (unpaired) electrons. The second-order valence-corrected chi connectivity index (χ2v) is 3.66. The molecule has 0 saturated carbocycles. The van der Waals surface area contributed by atoms with Crippen LogP contribution in [0.4, 0.5) is 0 Å². The number of aryl methyl sites for hydroxylation is 1. The van der Waals surface area contributed by atoms with Gasteiger partial charge in [-0.2, -0.15) is 0 Å². The zero-order valence-electron chi connectivity index (χ0n) is 9.79. The molecule has 3 heteroatoms. The van der Waals surface area contributed by atoms with Gasteiger partial charge in [0.05, 0.1) is 6.61 Å². The van der Waals surface area contributed by atoms with Gasteiger partial charge in [-0.15, -0.1) is 0 Å². The van der Waals surface area contributed by atoms with Gasteiger partial charge >= 0.3 is 0 Å². The summed E-state index contributed by atoms with van der Waals surface area (Å²) in [6.45, 7) is 2.85. The van der Waals surface area contributed by atoms with Crippen molar-refractivity contribution >= 4 is 0 Å². The molecule has 0 aliphatic rings. The minimum Gasteiger partial charge on any atom is -0.383 e. The summed E-state index contributed by atoms with van der Waals surface area (Å²) in [4.78, 5) is 4.42. The molecule has 0 fully saturated rings. The van der Waals surface area contributed by atoms with Crippen LogP contribution in [0.25, 0.3) is 0 Å². The first-order valence-corrected chi connectivity index (χ1v) is 5.40. The van der Waals surface area contributed by atoms with Crippen molar-refractivity contribution in [2.45, 2.75) is 25.8 Å². The highest BCUT2D eigenvalue weighted by atomic mass is 16.5. The van der Waals surface area contributed by atoms with E-state index in [2.05, 4.69) is 29.4 Å². The van der Waals surface area contributed by atoms with Gasteiger partial charge in [0.15, 0.2) is 0 Å². The van der Waals surface area contributed by atoms with E-state index >= 15 is 0 Å². The van der Waals surface area contributed by atoms with Gasteiger partial charge in [-0.3, -0.25) is 4.98 Å². The van der Waals surface area contributed by atoms with Crippen LogP contribution < -0.4 is 5.32 Å². The summed E-state index contributed by atoms with van der Waals surface area (Å²) in [6, 6.07) is 4.58. The van der Waals surface area contributed by atoms with Crippen molar-refractivity contribution in [2.75, 3.05) is 20.8 Å². The summed E-state index contributed by atoms with van der Waals surface area (Å²) in [6.07, 6.45) is 3.91. The van der Waals surface area contributed by atoms with Gasteiger partial charge in [-0.05, 0) is 25.1 Å². The second-order valence-electron chi connectivity index (χ2n) is 3.66. The van der Waals surface area contributed by atoms with E-state index in [1.807, 2.05) is 13.2 Å². The molecule has 0 spiro atoms. The lowest BCUT2D eigenvalue weighted by Crippen LogP contribution is -2.32. The van der Waals surface area contributed by atoms with Gasteiger partial charge in [0.25, 0.3) is 0 Å². The van der Waals surface area contributed by atoms with Crippen LogP contribution in [0.15, 0.2) is 18.3 Å². The summed E-state index contributed by atoms with van der Waals surface area (Å²) in [5, 5.41) is 3.22. The standard InChI is InChI=1S/C12H20N2O/c1-4-10-5-6-11(14-8-10)7-12(13-2)9-15-3/h5-6,8,12-13H,4,7,9H2,1-3H3. The lowest BCUT2D eigenvalue weighted by Gasteiger charge is -2.14. The van der Waals surface area contributed by atoms with Crippen molar-refractivity contribution < 1.29 is 4.74 Å². The fraction of sp³-hybridized carbons (Fsp3) is 0.583. The smallest absolute Gasteiger partial charge is 0.0619 e. The second kappa shape index (κ2) is 6.53. The Morgan fingerprint density at radius 1 is 1.47 bits per heavy atom. The fourth-order valence-corrected chi connectivity index (χ4v) is 1.48. The normalized spacial score (nSPS) is 12.7. The molecule has 0 aromatic carbocycles. The lowest BCUT2D eigenvalue weighted by atomic mass is 10.1. The topological polar surface area (TPSA) is 34.1 Å². The number of likely N-dealkylation sites (N-methyl/N-ethyl adjacent to an activating group) is 1. The zero-order valence-corrected chi connectivity index (χ0v) is 9.79. The average Bonchev–Trinajstić information content (AvgIpc) is 2.29. The predicted octanol–water partition coefficient (Wildman–Crippen LogP) is 1.42. The molecule has 3 nitrogen and oxygen atoms in total. The maximum absolute atomic E-state index is 5.12. The Morgan fingerprint density at radius 2 is 2.27 bits per heavy atom. The molecular weight excluding hydrogens is 188 g/mol. The van der Waals surface area contributed by atoms with Crippen molar-refractivity contribution in [3.63, 3.8) is 0 Å². The number of aromatic nitrogens is 1. The van der Waals surface area contributed by atoms with E-state index in [4.69, 9.17) is 4.74 Å². The van der Waals surface area contributed by atoms with Crippen LogP contribution in [0, 0.1) is 0 Å². The van der Waals surface area contributed by atoms with E-state index in [1.165, 1.54) is 5.56 Å². The number of nitrogens with one attached hydrogen (secondary N) is 1. The largest absolute Gasteiger partial charge is 0.383 e. The highest BCUT2D eigenvalue weighted by Gasteiger charge is 2.07. The first kappa shape index (κ1) is 12.1. The molecular formula is C12H20N2O. The van der Waals surface area contributed by atoms with Crippen LogP contribution >= 0.6 is 0 Å². The van der Waals surface area contributed by atoms with Crippen LogP contribution in [-0.4, -0.2) is 31.8 Å². The van der Waals surface area contributed by atoms with Crippen molar-refractivity contribution in [2.24, 2.45) is 0 Å². The monoisotopic (exact) mass is 208 g/mol. The number of rotatable bonds is 6. The van der Waals surface area contributed by atoms with Crippen molar-refractivity contribution in [1.29, 1.82) is 0 Å². The molecule has 1 atom stereocenters. The molecule has 1 aromatic rings. The van der Waals surface area contributed by atoms with Crippen molar-refractivity contribution in [3.05, 3.63) is 29.6 Å². The third-order valence-corrected chi connectivity index (χ3v) is 2.53. The number of ether oxygens (including phenoxy) is 1. The molecule has 1 N–H and O–H groups in total. The van der Waals surface area contributed by atoms with Crippen LogP contribution in [0.5, 0.6) is 0 Å². The minimum atomic E-state index is 0.343. The lowest BCUT2D eigenvalue weighted by molar-refractivity contribution is 0.169. The number of nitrogens with zero attached hydrogens (tertiary/aromatic N) is 1. The number of hydrogen-bond donors (Lipinski definition) is 1. The van der Waals surface area contributed by atoms with Crippen LogP contribution in [0.1, 0.15) is 18.2 Å². The third-order valence-electron chi connectivity index (χ3n) is 2.53. The molecule has 0 aliphatic carbocycles. The predicted molar refractivity (Wildman–Crippen MR) is 62.0 cm³/mol. The molecule has 1 aromatic heterocycles. The van der Waals surface area contributed by atoms with E-state index in [0.29, 0.717) is 12.6 Å². The summed E-state index contributed by atoms with van der Waals surface area (Å²) in [5.41, 5.74) is 2.40. The Labute approximate surface area is 91.9 Å². The van der Waals surface area contributed by atoms with Gasteiger partial charge < -0.3 is 10.1 Å². The van der Waals surface area contributed by atoms with Crippen molar-refractivity contribution in [1.82, 2.24) is 10.3 Å². The first-order chi connectivity index (χ1) is 7.30. The molecule has 0 saturated heterocycles. The third kappa shape index (κ3) is 3.98. The maximum atomic E-state index is 5.12. The quantitative estimate of drug-likeness (QED) is 0.767. The SMILES string of the molecule is CCc1ccc(CC(COC)NC)nc1. The Hall–Kier alpha value is -0.930. The van der Waals surface area contributed by atoms with E-state index in [0.717, 1.165) is 18.5 Å². The molecule has 0 aliphatic heterocycles. The van der Waals surface area contributed by atoms with Crippen LogP contribution in [0.3, 0.4) is 0 Å². The first-order valence-electron chi connectivity index (χ1n) is 5.40. The maximum Gasteiger partial charge on any atom is 0.0619 e. The molecule has 1 heterocycles. The van der Waals surface area contributed by atoms with Crippen LogP contribution in [-0.2, 0) is 17.6 Å². The fourth-order valence-electron chi connectivity index (χ4n) is 1.48. The minimum absolute atomic E-state index is 0.343.